The Balaban J connectivity index is 1.52. The van der Waals surface area contributed by atoms with E-state index in [0.717, 1.165) is 17.2 Å². The van der Waals surface area contributed by atoms with Crippen molar-refractivity contribution in [2.24, 2.45) is 0 Å². The lowest BCUT2D eigenvalue weighted by molar-refractivity contribution is -0.0112. The van der Waals surface area contributed by atoms with Crippen molar-refractivity contribution in [3.05, 3.63) is 80.6 Å². The molecule has 222 valence electrons. The highest BCUT2D eigenvalue weighted by Gasteiger charge is 2.34. The van der Waals surface area contributed by atoms with E-state index in [4.69, 9.17) is 34.9 Å². The van der Waals surface area contributed by atoms with Gasteiger partial charge in [-0.1, -0.05) is 30.3 Å². The predicted octanol–water partition coefficient (Wildman–Crippen LogP) is 4.76. The van der Waals surface area contributed by atoms with E-state index in [1.807, 2.05) is 24.3 Å². The highest BCUT2D eigenvalue weighted by molar-refractivity contribution is 7.51. The van der Waals surface area contributed by atoms with E-state index in [2.05, 4.69) is 4.98 Å². The second-order valence-electron chi connectivity index (χ2n) is 9.56. The Bertz CT molecular complexity index is 1560. The zero-order valence-electron chi connectivity index (χ0n) is 23.5. The number of H-pyrrole nitrogens is 1. The molecule has 4 rings (SSSR count). The van der Waals surface area contributed by atoms with E-state index in [9.17, 15) is 14.2 Å². The number of halogens is 1. The van der Waals surface area contributed by atoms with Crippen molar-refractivity contribution in [3.8, 4) is 11.5 Å². The second kappa shape index (κ2) is 13.8. The molecular weight excluding hydrogens is 573 g/mol. The van der Waals surface area contributed by atoms with E-state index in [1.54, 1.807) is 51.1 Å². The molecule has 3 atom stereocenters. The van der Waals surface area contributed by atoms with Crippen LogP contribution in [0, 0.1) is 6.92 Å². The molecule has 1 aliphatic rings. The van der Waals surface area contributed by atoms with Gasteiger partial charge in [0.15, 0.2) is 6.23 Å². The summed E-state index contributed by atoms with van der Waals surface area (Å²) < 4.78 is 46.2. The molecule has 0 saturated carbocycles. The predicted molar refractivity (Wildman–Crippen MR) is 157 cm³/mol. The number of hydrogen-bond acceptors (Lipinski definition) is 8. The number of benzene rings is 2. The van der Waals surface area contributed by atoms with E-state index < -0.39 is 31.3 Å². The molecular formula is C28H35ClN3O8P. The van der Waals surface area contributed by atoms with Crippen molar-refractivity contribution >= 4 is 30.1 Å². The number of fused-ring (bicyclic) bond motifs is 1. The summed E-state index contributed by atoms with van der Waals surface area (Å²) in [5, 5.41) is 1.71. The zero-order chi connectivity index (χ0) is 29.6. The van der Waals surface area contributed by atoms with Gasteiger partial charge in [0.2, 0.25) is 0 Å². The lowest BCUT2D eigenvalue weighted by Crippen LogP contribution is -2.33. The Morgan fingerprint density at radius 3 is 2.56 bits per heavy atom. The van der Waals surface area contributed by atoms with Gasteiger partial charge in [-0.15, -0.1) is 11.6 Å². The third kappa shape index (κ3) is 7.12. The number of rotatable bonds is 14. The van der Waals surface area contributed by atoms with Crippen molar-refractivity contribution in [2.75, 3.05) is 40.3 Å². The van der Waals surface area contributed by atoms with Crippen LogP contribution in [0.15, 0.2) is 58.3 Å². The summed E-state index contributed by atoms with van der Waals surface area (Å²) in [5.74, 6) is 1.71. The second-order valence-corrected chi connectivity index (χ2v) is 12.1. The molecule has 0 bridgehead atoms. The molecule has 0 saturated heterocycles. The quantitative estimate of drug-likeness (QED) is 0.120. The number of ether oxygens (including phenoxy) is 3. The minimum Gasteiger partial charge on any atom is -0.496 e. The number of aryl methyl sites for hydroxylation is 1. The van der Waals surface area contributed by atoms with Gasteiger partial charge in [0.05, 0.1) is 27.4 Å². The van der Waals surface area contributed by atoms with Gasteiger partial charge in [0, 0.05) is 40.5 Å². The van der Waals surface area contributed by atoms with Crippen LogP contribution in [0.1, 0.15) is 30.2 Å². The molecule has 0 aliphatic carbocycles. The standard InChI is InChI=1S/C28H35ClN3O8P/c1-19-16-32(28(34)30-27(19)33)25-12-11-21(40-25)18-39-41(35,31(2)14-8-7-13-29)38-17-20-15-24(36-3)22-9-5-6-10-23(22)26(20)37-4/h5-6,9-12,15-16,21,25H,7-8,13-14,17-18H2,1-4H3,(H,30,33,34). The molecule has 41 heavy (non-hydrogen) atoms. The first-order valence-corrected chi connectivity index (χ1v) is 15.2. The SMILES string of the molecule is COc1cc(COP(=O)(OCC2C=CC(n3cc(C)c(=O)[nH]c3=O)O2)N(C)CCCCCl)c(OC)c2ccccc12. The number of nitrogens with zero attached hydrogens (tertiary/aromatic N) is 2. The molecule has 0 spiro atoms. The molecule has 1 N–H and O–H groups in total. The summed E-state index contributed by atoms with van der Waals surface area (Å²) in [6, 6.07) is 9.47. The highest BCUT2D eigenvalue weighted by atomic mass is 35.5. The Morgan fingerprint density at radius 2 is 1.85 bits per heavy atom. The summed E-state index contributed by atoms with van der Waals surface area (Å²) in [6.07, 6.45) is 4.90. The first kappa shape index (κ1) is 31.0. The molecule has 3 aromatic rings. The fourth-order valence-electron chi connectivity index (χ4n) is 4.52. The van der Waals surface area contributed by atoms with Gasteiger partial charge in [0.1, 0.15) is 17.6 Å². The van der Waals surface area contributed by atoms with Gasteiger partial charge in [-0.3, -0.25) is 23.4 Å². The molecule has 3 unspecified atom stereocenters. The van der Waals surface area contributed by atoms with Crippen LogP contribution in [0.2, 0.25) is 0 Å². The summed E-state index contributed by atoms with van der Waals surface area (Å²) in [4.78, 5) is 26.3. The van der Waals surface area contributed by atoms with Crippen molar-refractivity contribution in [1.29, 1.82) is 0 Å². The topological polar surface area (TPSA) is 121 Å². The summed E-state index contributed by atoms with van der Waals surface area (Å²) in [5.41, 5.74) is -0.0295. The van der Waals surface area contributed by atoms with Gasteiger partial charge in [-0.2, -0.15) is 0 Å². The van der Waals surface area contributed by atoms with Crippen LogP contribution in [0.5, 0.6) is 11.5 Å². The largest absolute Gasteiger partial charge is 0.496 e. The van der Waals surface area contributed by atoms with Gasteiger partial charge in [-0.25, -0.2) is 14.0 Å². The van der Waals surface area contributed by atoms with Gasteiger partial charge < -0.3 is 14.2 Å². The van der Waals surface area contributed by atoms with Crippen LogP contribution in [-0.2, 0) is 25.0 Å². The zero-order valence-corrected chi connectivity index (χ0v) is 25.2. The Morgan fingerprint density at radius 1 is 1.10 bits per heavy atom. The molecule has 0 radical (unpaired) electrons. The number of hydrogen-bond donors (Lipinski definition) is 1. The number of unbranched alkanes of at least 4 members (excludes halogenated alkanes) is 1. The molecule has 11 nitrogen and oxygen atoms in total. The number of aromatic nitrogens is 2. The summed E-state index contributed by atoms with van der Waals surface area (Å²) in [6.45, 7) is 1.86. The Kier molecular flexibility index (Phi) is 10.5. The first-order chi connectivity index (χ1) is 19.7. The maximum Gasteiger partial charge on any atom is 0.408 e. The van der Waals surface area contributed by atoms with E-state index in [0.29, 0.717) is 41.5 Å². The third-order valence-electron chi connectivity index (χ3n) is 6.75. The number of methoxy groups -OCH3 is 2. The van der Waals surface area contributed by atoms with Crippen molar-refractivity contribution in [3.63, 3.8) is 0 Å². The lowest BCUT2D eigenvalue weighted by Gasteiger charge is -2.28. The maximum absolute atomic E-state index is 14.1. The van der Waals surface area contributed by atoms with E-state index >= 15 is 0 Å². The van der Waals surface area contributed by atoms with Gasteiger partial charge >= 0.3 is 13.4 Å². The van der Waals surface area contributed by atoms with Crippen LogP contribution in [0.3, 0.4) is 0 Å². The number of nitrogens with one attached hydrogen (secondary N) is 1. The van der Waals surface area contributed by atoms with Crippen molar-refractivity contribution in [2.45, 2.75) is 38.7 Å². The van der Waals surface area contributed by atoms with Crippen LogP contribution in [-0.4, -0.2) is 60.6 Å². The Labute approximate surface area is 243 Å². The molecule has 13 heteroatoms. The monoisotopic (exact) mass is 607 g/mol. The Hall–Kier alpha value is -2.92. The molecule has 0 fully saturated rings. The summed E-state index contributed by atoms with van der Waals surface area (Å²) >= 11 is 5.85. The van der Waals surface area contributed by atoms with Crippen molar-refractivity contribution < 1.29 is 27.8 Å². The molecule has 1 aliphatic heterocycles. The van der Waals surface area contributed by atoms with Gasteiger partial charge in [-0.05, 0) is 39.0 Å². The van der Waals surface area contributed by atoms with Crippen LogP contribution < -0.4 is 20.7 Å². The van der Waals surface area contributed by atoms with Gasteiger partial charge in [0.25, 0.3) is 5.56 Å². The molecule has 0 amide bonds. The summed E-state index contributed by atoms with van der Waals surface area (Å²) in [7, 11) is 0.993. The molecule has 2 aromatic carbocycles. The third-order valence-corrected chi connectivity index (χ3v) is 8.99. The van der Waals surface area contributed by atoms with Crippen LogP contribution >= 0.6 is 19.3 Å². The highest BCUT2D eigenvalue weighted by Crippen LogP contribution is 2.53. The van der Waals surface area contributed by atoms with Crippen LogP contribution in [0.4, 0.5) is 0 Å². The fourth-order valence-corrected chi connectivity index (χ4v) is 6.20. The smallest absolute Gasteiger partial charge is 0.408 e. The maximum atomic E-state index is 14.1. The van der Waals surface area contributed by atoms with Crippen LogP contribution in [0.25, 0.3) is 10.8 Å². The normalized spacial score (nSPS) is 18.2. The van der Waals surface area contributed by atoms with Crippen molar-refractivity contribution in [1.82, 2.24) is 14.2 Å². The minimum absolute atomic E-state index is 0.0719. The minimum atomic E-state index is -3.83. The first-order valence-electron chi connectivity index (χ1n) is 13.2. The fraction of sp³-hybridized carbons (Fsp3) is 0.429. The average molecular weight is 608 g/mol. The average Bonchev–Trinajstić information content (AvgIpc) is 3.45. The lowest BCUT2D eigenvalue weighted by atomic mass is 10.0. The van der Waals surface area contributed by atoms with E-state index in [-0.39, 0.29) is 13.2 Å². The number of aromatic amines is 1. The molecule has 1 aromatic heterocycles. The van der Waals surface area contributed by atoms with E-state index in [1.165, 1.54) is 10.8 Å². The number of alkyl halides is 1. The molecule has 2 heterocycles.